The van der Waals surface area contributed by atoms with Crippen LogP contribution >= 0.6 is 0 Å². The number of carboxylic acid groups (broad SMARTS) is 1. The van der Waals surface area contributed by atoms with Crippen molar-refractivity contribution in [2.24, 2.45) is 0 Å². The van der Waals surface area contributed by atoms with Gasteiger partial charge in [0.2, 0.25) is 11.3 Å². The third-order valence-corrected chi connectivity index (χ3v) is 5.26. The lowest BCUT2D eigenvalue weighted by Crippen LogP contribution is -2.25. The number of methoxy groups -OCH3 is 2. The first-order valence-electron chi connectivity index (χ1n) is 10.4. The van der Waals surface area contributed by atoms with Crippen molar-refractivity contribution in [2.45, 2.75) is 13.2 Å². The number of pyridine rings is 1. The van der Waals surface area contributed by atoms with Gasteiger partial charge < -0.3 is 24.2 Å². The van der Waals surface area contributed by atoms with Crippen LogP contribution in [0.4, 0.5) is 0 Å². The van der Waals surface area contributed by atoms with E-state index in [0.717, 1.165) is 11.1 Å². The van der Waals surface area contributed by atoms with Crippen molar-refractivity contribution in [3.8, 4) is 17.4 Å². The topological polar surface area (TPSA) is 96.2 Å². The molecule has 0 unspecified atom stereocenters. The van der Waals surface area contributed by atoms with Gasteiger partial charge >= 0.3 is 5.97 Å². The number of aromatic carboxylic acids is 1. The Morgan fingerprint density at radius 2 is 1.38 bits per heavy atom. The van der Waals surface area contributed by atoms with Crippen LogP contribution in [-0.2, 0) is 13.2 Å². The van der Waals surface area contributed by atoms with Crippen LogP contribution < -0.4 is 24.5 Å². The smallest absolute Gasteiger partial charge is 0.345 e. The predicted octanol–water partition coefficient (Wildman–Crippen LogP) is 3.92. The molecule has 34 heavy (non-hydrogen) atoms. The molecule has 0 radical (unpaired) electrons. The summed E-state index contributed by atoms with van der Waals surface area (Å²) >= 11 is 0. The number of fused-ring (bicyclic) bond motifs is 1. The van der Waals surface area contributed by atoms with Crippen molar-refractivity contribution in [1.82, 2.24) is 4.73 Å². The van der Waals surface area contributed by atoms with Gasteiger partial charge in [-0.25, -0.2) is 4.79 Å². The Bertz CT molecular complexity index is 1360. The minimum absolute atomic E-state index is 0.0218. The Balaban J connectivity index is 1.75. The summed E-state index contributed by atoms with van der Waals surface area (Å²) in [7, 11) is 3.15. The van der Waals surface area contributed by atoms with Crippen molar-refractivity contribution in [3.63, 3.8) is 0 Å². The molecular weight excluding hydrogens is 438 g/mol. The molecule has 174 valence electrons. The first-order chi connectivity index (χ1) is 16.5. The van der Waals surface area contributed by atoms with Crippen LogP contribution in [0, 0.1) is 0 Å². The molecule has 0 aliphatic rings. The largest absolute Gasteiger partial charge is 0.497 e. The van der Waals surface area contributed by atoms with E-state index < -0.39 is 17.0 Å². The molecule has 3 aromatic carbocycles. The summed E-state index contributed by atoms with van der Waals surface area (Å²) in [6.07, 6.45) is 0. The molecule has 0 spiro atoms. The molecule has 4 rings (SSSR count). The Labute approximate surface area is 195 Å². The van der Waals surface area contributed by atoms with E-state index in [0.29, 0.717) is 17.0 Å². The predicted molar refractivity (Wildman–Crippen MR) is 126 cm³/mol. The summed E-state index contributed by atoms with van der Waals surface area (Å²) in [4.78, 5) is 31.1. The normalized spacial score (nSPS) is 10.6. The average Bonchev–Trinajstić information content (AvgIpc) is 2.87. The van der Waals surface area contributed by atoms with Crippen molar-refractivity contribution in [3.05, 3.63) is 99.7 Å². The lowest BCUT2D eigenvalue weighted by atomic mass is 10.1. The maximum atomic E-state index is 13.0. The van der Waals surface area contributed by atoms with Crippen molar-refractivity contribution in [1.29, 1.82) is 0 Å². The number of benzene rings is 3. The van der Waals surface area contributed by atoms with E-state index in [-0.39, 0.29) is 24.5 Å². The molecule has 8 heteroatoms. The van der Waals surface area contributed by atoms with E-state index in [1.165, 1.54) is 4.73 Å². The Kier molecular flexibility index (Phi) is 6.68. The van der Waals surface area contributed by atoms with Crippen molar-refractivity contribution >= 4 is 16.9 Å². The van der Waals surface area contributed by atoms with Crippen LogP contribution in [0.15, 0.2) is 77.6 Å². The second-order valence-corrected chi connectivity index (χ2v) is 7.38. The average molecular weight is 461 g/mol. The molecule has 0 fully saturated rings. The second kappa shape index (κ2) is 9.99. The van der Waals surface area contributed by atoms with E-state index in [2.05, 4.69) is 0 Å². The van der Waals surface area contributed by atoms with Crippen molar-refractivity contribution in [2.75, 3.05) is 14.2 Å². The maximum absolute atomic E-state index is 13.0. The molecule has 0 amide bonds. The Morgan fingerprint density at radius 1 is 0.824 bits per heavy atom. The van der Waals surface area contributed by atoms with Gasteiger partial charge in [0.15, 0.2) is 5.56 Å². The van der Waals surface area contributed by atoms with Crippen LogP contribution in [0.5, 0.6) is 17.4 Å². The number of para-hydroxylation sites is 1. The van der Waals surface area contributed by atoms with Gasteiger partial charge in [-0.2, -0.15) is 0 Å². The quantitative estimate of drug-likeness (QED) is 0.404. The summed E-state index contributed by atoms with van der Waals surface area (Å²) in [5, 5.41) is 10.1. The monoisotopic (exact) mass is 461 g/mol. The number of carbonyl (C=O) groups is 1. The Morgan fingerprint density at radius 3 is 1.94 bits per heavy atom. The number of aromatic nitrogens is 1. The lowest BCUT2D eigenvalue weighted by Gasteiger charge is -2.19. The second-order valence-electron chi connectivity index (χ2n) is 7.38. The molecule has 1 aromatic heterocycles. The minimum atomic E-state index is -1.40. The number of carboxylic acids is 1. The molecule has 0 aliphatic heterocycles. The van der Waals surface area contributed by atoms with E-state index in [1.54, 1.807) is 74.9 Å². The standard InChI is InChI=1S/C26H23NO7/c1-31-19-11-7-17(8-12-19)15-33-25-23(26(29)30)24(28)21-5-3-4-6-22(21)27(25)34-16-18-9-13-20(32-2)14-10-18/h3-14H,15-16H2,1-2H3,(H,29,30). The van der Waals surface area contributed by atoms with Crippen molar-refractivity contribution < 1.29 is 28.9 Å². The highest BCUT2D eigenvalue weighted by Crippen LogP contribution is 2.24. The van der Waals surface area contributed by atoms with E-state index >= 15 is 0 Å². The maximum Gasteiger partial charge on any atom is 0.345 e. The fourth-order valence-corrected chi connectivity index (χ4v) is 3.47. The fourth-order valence-electron chi connectivity index (χ4n) is 3.47. The molecule has 8 nitrogen and oxygen atoms in total. The highest BCUT2D eigenvalue weighted by Gasteiger charge is 2.25. The van der Waals surface area contributed by atoms with Crippen LogP contribution in [0.3, 0.4) is 0 Å². The zero-order valence-corrected chi connectivity index (χ0v) is 18.7. The van der Waals surface area contributed by atoms with Gasteiger partial charge in [0.1, 0.15) is 24.7 Å². The van der Waals surface area contributed by atoms with Gasteiger partial charge in [0.05, 0.1) is 25.1 Å². The summed E-state index contributed by atoms with van der Waals surface area (Å²) in [6.45, 7) is 0.128. The van der Waals surface area contributed by atoms with Gasteiger partial charge in [0.25, 0.3) is 0 Å². The highest BCUT2D eigenvalue weighted by molar-refractivity contribution is 5.95. The number of rotatable bonds is 9. The molecule has 1 heterocycles. The van der Waals surface area contributed by atoms with E-state index in [9.17, 15) is 14.7 Å². The molecule has 0 aliphatic carbocycles. The summed E-state index contributed by atoms with van der Waals surface area (Å²) in [6, 6.07) is 21.0. The molecule has 0 atom stereocenters. The molecule has 4 aromatic rings. The van der Waals surface area contributed by atoms with E-state index in [4.69, 9.17) is 19.0 Å². The van der Waals surface area contributed by atoms with Crippen LogP contribution in [0.1, 0.15) is 21.5 Å². The zero-order valence-electron chi connectivity index (χ0n) is 18.7. The number of hydrogen-bond acceptors (Lipinski definition) is 6. The van der Waals surface area contributed by atoms with Gasteiger partial charge in [-0.05, 0) is 47.5 Å². The summed E-state index contributed by atoms with van der Waals surface area (Å²) in [5.74, 6) is -0.197. The molecule has 0 saturated carbocycles. The van der Waals surface area contributed by atoms with Crippen LogP contribution in [0.25, 0.3) is 10.9 Å². The minimum Gasteiger partial charge on any atom is -0.497 e. The molecule has 0 bridgehead atoms. The number of nitrogens with zero attached hydrogens (tertiary/aromatic N) is 1. The van der Waals surface area contributed by atoms with Gasteiger partial charge in [-0.1, -0.05) is 36.4 Å². The zero-order chi connectivity index (χ0) is 24.1. The Hall–Kier alpha value is -4.46. The number of hydrogen-bond donors (Lipinski definition) is 1. The third-order valence-electron chi connectivity index (χ3n) is 5.26. The van der Waals surface area contributed by atoms with Gasteiger partial charge in [-0.15, -0.1) is 4.73 Å². The summed E-state index contributed by atoms with van der Waals surface area (Å²) < 4.78 is 17.5. The fraction of sp³-hybridized carbons (Fsp3) is 0.154. The first-order valence-corrected chi connectivity index (χ1v) is 10.4. The third kappa shape index (κ3) is 4.66. The van der Waals surface area contributed by atoms with Gasteiger partial charge in [-0.3, -0.25) is 4.79 Å². The number of ether oxygens (including phenoxy) is 3. The SMILES string of the molecule is COc1ccc(COc2c(C(=O)O)c(=O)c3ccccc3n2OCc2ccc(OC)cc2)cc1. The molecule has 0 saturated heterocycles. The summed E-state index contributed by atoms with van der Waals surface area (Å²) in [5.41, 5.74) is 0.843. The molecule has 1 N–H and O–H groups in total. The first kappa shape index (κ1) is 22.7. The van der Waals surface area contributed by atoms with E-state index in [1.807, 2.05) is 12.1 Å². The highest BCUT2D eigenvalue weighted by atomic mass is 16.7. The van der Waals surface area contributed by atoms with Crippen LogP contribution in [0.2, 0.25) is 0 Å². The van der Waals surface area contributed by atoms with Gasteiger partial charge in [0, 0.05) is 0 Å². The van der Waals surface area contributed by atoms with Crippen LogP contribution in [-0.4, -0.2) is 30.0 Å². The lowest BCUT2D eigenvalue weighted by molar-refractivity contribution is 0.0631. The molecular formula is C26H23NO7.